The molecule has 0 fully saturated rings. The summed E-state index contributed by atoms with van der Waals surface area (Å²) in [5, 5.41) is 4.97. The largest absolute Gasteiger partial charge is 0.497 e. The van der Waals surface area contributed by atoms with Gasteiger partial charge >= 0.3 is 11.8 Å². The van der Waals surface area contributed by atoms with Gasteiger partial charge in [-0.15, -0.1) is 0 Å². The van der Waals surface area contributed by atoms with Crippen molar-refractivity contribution in [2.24, 2.45) is 0 Å². The van der Waals surface area contributed by atoms with Crippen molar-refractivity contribution in [3.05, 3.63) is 42.5 Å². The van der Waals surface area contributed by atoms with E-state index >= 15 is 0 Å². The summed E-state index contributed by atoms with van der Waals surface area (Å²) in [6.45, 7) is 0.0991. The fourth-order valence-electron chi connectivity index (χ4n) is 2.38. The fourth-order valence-corrected chi connectivity index (χ4v) is 2.38. The number of carbonyl (C=O) groups is 2. The number of rotatable bonds is 4. The first-order chi connectivity index (χ1) is 12.6. The first-order valence-corrected chi connectivity index (χ1v) is 7.83. The highest BCUT2D eigenvalue weighted by atomic mass is 16.6. The zero-order chi connectivity index (χ0) is 18.5. The van der Waals surface area contributed by atoms with E-state index in [0.717, 1.165) is 0 Å². The van der Waals surface area contributed by atoms with E-state index in [1.165, 1.54) is 14.2 Å². The quantitative estimate of drug-likeness (QED) is 0.806. The zero-order valence-corrected chi connectivity index (χ0v) is 14.3. The number of ether oxygens (including phenoxy) is 4. The Morgan fingerprint density at radius 3 is 2.54 bits per heavy atom. The van der Waals surface area contributed by atoms with Gasteiger partial charge in [-0.1, -0.05) is 12.1 Å². The lowest BCUT2D eigenvalue weighted by Crippen LogP contribution is -2.48. The number of benzene rings is 2. The Morgan fingerprint density at radius 2 is 1.81 bits per heavy atom. The lowest BCUT2D eigenvalue weighted by Gasteiger charge is -2.26. The lowest BCUT2D eigenvalue weighted by atomic mass is 10.2. The molecule has 0 radical (unpaired) electrons. The molecule has 1 atom stereocenters. The van der Waals surface area contributed by atoms with Crippen LogP contribution in [-0.4, -0.2) is 38.9 Å². The van der Waals surface area contributed by atoms with E-state index in [-0.39, 0.29) is 6.61 Å². The maximum Gasteiger partial charge on any atom is 0.313 e. The summed E-state index contributed by atoms with van der Waals surface area (Å²) in [5.41, 5.74) is 0.347. The standard InChI is InChI=1S/C18H18N2O6/c1-23-11-7-8-12(15(9-11)24-2)19-17(21)18(22)20-16-10-25-13-5-3-4-6-14(13)26-16/h3-9,16H,10H2,1-2H3,(H,19,21)(H,20,22). The zero-order valence-electron chi connectivity index (χ0n) is 14.3. The molecule has 0 aliphatic carbocycles. The first kappa shape index (κ1) is 17.4. The van der Waals surface area contributed by atoms with Crippen LogP contribution in [0.5, 0.6) is 23.0 Å². The van der Waals surface area contributed by atoms with Gasteiger partial charge in [0.2, 0.25) is 6.23 Å². The Bertz CT molecular complexity index is 823. The molecule has 1 aliphatic heterocycles. The van der Waals surface area contributed by atoms with Gasteiger partial charge in [0, 0.05) is 6.07 Å². The van der Waals surface area contributed by atoms with Crippen LogP contribution < -0.4 is 29.6 Å². The summed E-state index contributed by atoms with van der Waals surface area (Å²) in [6.07, 6.45) is -0.763. The van der Waals surface area contributed by atoms with Gasteiger partial charge in [-0.25, -0.2) is 0 Å². The molecule has 0 aromatic heterocycles. The second kappa shape index (κ2) is 7.64. The third-order valence-corrected chi connectivity index (χ3v) is 3.66. The second-order valence-electron chi connectivity index (χ2n) is 5.36. The summed E-state index contributed by atoms with van der Waals surface area (Å²) >= 11 is 0. The van der Waals surface area contributed by atoms with Gasteiger partial charge in [-0.3, -0.25) is 9.59 Å². The predicted octanol–water partition coefficient (Wildman–Crippen LogP) is 1.56. The van der Waals surface area contributed by atoms with Crippen LogP contribution in [-0.2, 0) is 9.59 Å². The topological polar surface area (TPSA) is 95.1 Å². The molecular formula is C18H18N2O6. The van der Waals surface area contributed by atoms with Crippen LogP contribution in [0.2, 0.25) is 0 Å². The number of nitrogens with one attached hydrogen (secondary N) is 2. The Labute approximate surface area is 150 Å². The lowest BCUT2D eigenvalue weighted by molar-refractivity contribution is -0.138. The number of hydrogen-bond acceptors (Lipinski definition) is 6. The van der Waals surface area contributed by atoms with E-state index in [0.29, 0.717) is 28.7 Å². The van der Waals surface area contributed by atoms with Crippen LogP contribution in [0, 0.1) is 0 Å². The van der Waals surface area contributed by atoms with Crippen LogP contribution in [0.4, 0.5) is 5.69 Å². The monoisotopic (exact) mass is 358 g/mol. The minimum atomic E-state index is -0.851. The molecule has 1 heterocycles. The van der Waals surface area contributed by atoms with Crippen LogP contribution in [0.25, 0.3) is 0 Å². The third-order valence-electron chi connectivity index (χ3n) is 3.66. The molecule has 0 spiro atoms. The Morgan fingerprint density at radius 1 is 1.04 bits per heavy atom. The van der Waals surface area contributed by atoms with Gasteiger partial charge in [0.25, 0.3) is 0 Å². The van der Waals surface area contributed by atoms with Gasteiger partial charge in [0.15, 0.2) is 11.5 Å². The molecule has 1 aliphatic rings. The molecular weight excluding hydrogens is 340 g/mol. The Balaban J connectivity index is 1.61. The molecule has 3 rings (SSSR count). The number of amides is 2. The molecule has 0 saturated heterocycles. The molecule has 8 nitrogen and oxygen atoms in total. The van der Waals surface area contributed by atoms with E-state index in [4.69, 9.17) is 18.9 Å². The molecule has 0 bridgehead atoms. The highest BCUT2D eigenvalue weighted by Gasteiger charge is 2.25. The fraction of sp³-hybridized carbons (Fsp3) is 0.222. The number of fused-ring (bicyclic) bond motifs is 1. The Kier molecular flexibility index (Phi) is 5.12. The molecule has 2 amide bonds. The van der Waals surface area contributed by atoms with Gasteiger partial charge in [0.1, 0.15) is 18.1 Å². The third kappa shape index (κ3) is 3.80. The highest BCUT2D eigenvalue weighted by molar-refractivity contribution is 6.39. The molecule has 136 valence electrons. The summed E-state index contributed by atoms with van der Waals surface area (Å²) in [7, 11) is 2.97. The van der Waals surface area contributed by atoms with Crippen molar-refractivity contribution in [3.63, 3.8) is 0 Å². The summed E-state index contributed by atoms with van der Waals surface area (Å²) in [5.74, 6) is 0.325. The van der Waals surface area contributed by atoms with Crippen molar-refractivity contribution in [3.8, 4) is 23.0 Å². The number of methoxy groups -OCH3 is 2. The van der Waals surface area contributed by atoms with Crippen molar-refractivity contribution in [2.45, 2.75) is 6.23 Å². The molecule has 26 heavy (non-hydrogen) atoms. The van der Waals surface area contributed by atoms with E-state index in [9.17, 15) is 9.59 Å². The van der Waals surface area contributed by atoms with Crippen LogP contribution in [0.3, 0.4) is 0 Å². The van der Waals surface area contributed by atoms with Crippen molar-refractivity contribution in [2.75, 3.05) is 26.1 Å². The predicted molar refractivity (Wildman–Crippen MR) is 92.7 cm³/mol. The van der Waals surface area contributed by atoms with Gasteiger partial charge < -0.3 is 29.6 Å². The summed E-state index contributed by atoms with van der Waals surface area (Å²) in [4.78, 5) is 24.3. The van der Waals surface area contributed by atoms with E-state index in [1.54, 1.807) is 36.4 Å². The number of para-hydroxylation sites is 2. The van der Waals surface area contributed by atoms with E-state index in [2.05, 4.69) is 10.6 Å². The van der Waals surface area contributed by atoms with Crippen LogP contribution >= 0.6 is 0 Å². The summed E-state index contributed by atoms with van der Waals surface area (Å²) in [6, 6.07) is 11.9. The van der Waals surface area contributed by atoms with Gasteiger partial charge in [0.05, 0.1) is 19.9 Å². The average Bonchev–Trinajstić information content (AvgIpc) is 2.68. The van der Waals surface area contributed by atoms with E-state index in [1.807, 2.05) is 6.07 Å². The maximum absolute atomic E-state index is 12.1. The molecule has 2 N–H and O–H groups in total. The van der Waals surface area contributed by atoms with Gasteiger partial charge in [-0.2, -0.15) is 0 Å². The second-order valence-corrected chi connectivity index (χ2v) is 5.36. The maximum atomic E-state index is 12.1. The molecule has 0 saturated carbocycles. The van der Waals surface area contributed by atoms with Crippen molar-refractivity contribution >= 4 is 17.5 Å². The van der Waals surface area contributed by atoms with Crippen LogP contribution in [0.15, 0.2) is 42.5 Å². The first-order valence-electron chi connectivity index (χ1n) is 7.83. The SMILES string of the molecule is COc1ccc(NC(=O)C(=O)NC2COc3ccccc3O2)c(OC)c1. The number of hydrogen-bond donors (Lipinski definition) is 2. The van der Waals surface area contributed by atoms with Crippen LogP contribution in [0.1, 0.15) is 0 Å². The smallest absolute Gasteiger partial charge is 0.313 e. The Hall–Kier alpha value is -3.42. The minimum Gasteiger partial charge on any atom is -0.497 e. The van der Waals surface area contributed by atoms with Gasteiger partial charge in [-0.05, 0) is 24.3 Å². The molecule has 1 unspecified atom stereocenters. The summed E-state index contributed by atoms with van der Waals surface area (Å²) < 4.78 is 21.4. The number of anilines is 1. The normalized spacial score (nSPS) is 14.9. The number of carbonyl (C=O) groups excluding carboxylic acids is 2. The van der Waals surface area contributed by atoms with E-state index < -0.39 is 18.0 Å². The minimum absolute atomic E-state index is 0.0991. The molecule has 8 heteroatoms. The molecule has 2 aromatic carbocycles. The average molecular weight is 358 g/mol. The van der Waals surface area contributed by atoms with Crippen molar-refractivity contribution in [1.82, 2.24) is 5.32 Å². The highest BCUT2D eigenvalue weighted by Crippen LogP contribution is 2.30. The molecule has 2 aromatic rings. The van der Waals surface area contributed by atoms with Crippen molar-refractivity contribution < 1.29 is 28.5 Å². The van der Waals surface area contributed by atoms with Crippen molar-refractivity contribution in [1.29, 1.82) is 0 Å².